The van der Waals surface area contributed by atoms with Gasteiger partial charge in [0.05, 0.1) is 10.9 Å². The molecule has 2 heterocycles. The summed E-state index contributed by atoms with van der Waals surface area (Å²) in [6, 6.07) is 7.33. The van der Waals surface area contributed by atoms with Crippen LogP contribution in [0.3, 0.4) is 0 Å². The normalized spacial score (nSPS) is 13.1. The third-order valence-electron chi connectivity index (χ3n) is 5.46. The number of fused-ring (bicyclic) bond motifs is 2. The van der Waals surface area contributed by atoms with Gasteiger partial charge in [0.15, 0.2) is 17.5 Å². The first-order chi connectivity index (χ1) is 17.2. The van der Waals surface area contributed by atoms with Crippen molar-refractivity contribution in [2.24, 2.45) is 16.5 Å². The largest absolute Gasteiger partial charge is 0.508 e. The van der Waals surface area contributed by atoms with Crippen LogP contribution in [0.5, 0.6) is 17.2 Å². The number of benzene rings is 2. The van der Waals surface area contributed by atoms with E-state index < -0.39 is 29.1 Å². The number of aliphatic carboxylic acids is 1. The molecule has 7 N–H and O–H groups in total. The van der Waals surface area contributed by atoms with Crippen molar-refractivity contribution in [1.82, 2.24) is 5.32 Å². The summed E-state index contributed by atoms with van der Waals surface area (Å²) in [4.78, 5) is 42.3. The van der Waals surface area contributed by atoms with E-state index in [4.69, 9.17) is 25.4 Å². The number of rotatable bonds is 8. The van der Waals surface area contributed by atoms with Gasteiger partial charge < -0.3 is 40.9 Å². The van der Waals surface area contributed by atoms with E-state index in [2.05, 4.69) is 10.3 Å². The maximum atomic E-state index is 13.5. The number of carbonyl (C=O) groups excluding carboxylic acids is 1. The zero-order valence-electron chi connectivity index (χ0n) is 19.0. The second kappa shape index (κ2) is 10.3. The van der Waals surface area contributed by atoms with Crippen LogP contribution in [0, 0.1) is 0 Å². The summed E-state index contributed by atoms with van der Waals surface area (Å²) < 4.78 is 16.9. The second-order valence-corrected chi connectivity index (χ2v) is 7.99. The number of hydrogen-bond donors (Lipinski definition) is 5. The molecule has 188 valence electrons. The van der Waals surface area contributed by atoms with Crippen molar-refractivity contribution in [1.29, 1.82) is 0 Å². The molecule has 0 spiro atoms. The fraction of sp³-hybridized carbons (Fsp3) is 0.250. The van der Waals surface area contributed by atoms with Crippen molar-refractivity contribution in [3.05, 3.63) is 52.4 Å². The summed E-state index contributed by atoms with van der Waals surface area (Å²) in [5.74, 6) is -2.05. The Bertz CT molecular complexity index is 1410. The number of aromatic hydroxyl groups is 1. The predicted molar refractivity (Wildman–Crippen MR) is 129 cm³/mol. The molecule has 1 aliphatic heterocycles. The van der Waals surface area contributed by atoms with Gasteiger partial charge in [-0.05, 0) is 42.7 Å². The van der Waals surface area contributed by atoms with Gasteiger partial charge in [0, 0.05) is 12.6 Å². The molecule has 0 radical (unpaired) electrons. The molecular formula is C24H24N4O8. The molecule has 12 heteroatoms. The van der Waals surface area contributed by atoms with Crippen LogP contribution in [0.2, 0.25) is 0 Å². The summed E-state index contributed by atoms with van der Waals surface area (Å²) in [6.07, 6.45) is 0.301. The maximum absolute atomic E-state index is 13.5. The van der Waals surface area contributed by atoms with E-state index >= 15 is 0 Å². The molecule has 0 bridgehead atoms. The molecule has 0 aliphatic carbocycles. The van der Waals surface area contributed by atoms with Crippen LogP contribution in [0.15, 0.2) is 50.6 Å². The van der Waals surface area contributed by atoms with Gasteiger partial charge in [0.25, 0.3) is 5.91 Å². The molecule has 4 rings (SSSR count). The Morgan fingerprint density at radius 1 is 1.08 bits per heavy atom. The number of nitrogens with one attached hydrogen (secondary N) is 1. The number of carboxylic acids is 1. The third kappa shape index (κ3) is 5.17. The van der Waals surface area contributed by atoms with Crippen molar-refractivity contribution < 1.29 is 33.7 Å². The van der Waals surface area contributed by atoms with Gasteiger partial charge in [-0.3, -0.25) is 14.6 Å². The molecule has 36 heavy (non-hydrogen) atoms. The van der Waals surface area contributed by atoms with Crippen molar-refractivity contribution in [3.8, 4) is 28.4 Å². The third-order valence-corrected chi connectivity index (χ3v) is 5.46. The monoisotopic (exact) mass is 496 g/mol. The van der Waals surface area contributed by atoms with Gasteiger partial charge in [0.1, 0.15) is 30.6 Å². The zero-order valence-corrected chi connectivity index (χ0v) is 19.0. The summed E-state index contributed by atoms with van der Waals surface area (Å²) in [5.41, 5.74) is 10.2. The number of carbonyl (C=O) groups is 2. The SMILES string of the molecule is NC(N)=NCCC[C@H](NC(=O)c1oc2cc(O)ccc2c(=O)c1-c1ccc2c(c1)OCCO2)C(=O)O. The lowest BCUT2D eigenvalue weighted by atomic mass is 10.0. The fourth-order valence-electron chi connectivity index (χ4n) is 3.79. The van der Waals surface area contributed by atoms with Crippen molar-refractivity contribution >= 4 is 28.8 Å². The molecule has 0 saturated carbocycles. The molecule has 12 nitrogen and oxygen atoms in total. The Kier molecular flexibility index (Phi) is 6.95. The summed E-state index contributed by atoms with van der Waals surface area (Å²) in [5, 5.41) is 22.0. The minimum absolute atomic E-state index is 0.0236. The van der Waals surface area contributed by atoms with Crippen molar-refractivity contribution in [3.63, 3.8) is 0 Å². The Morgan fingerprint density at radius 2 is 1.83 bits per heavy atom. The van der Waals surface area contributed by atoms with E-state index in [1.165, 1.54) is 18.2 Å². The number of nitrogens with two attached hydrogens (primary N) is 2. The second-order valence-electron chi connectivity index (χ2n) is 7.99. The van der Waals surface area contributed by atoms with Crippen LogP contribution in [0.4, 0.5) is 0 Å². The predicted octanol–water partition coefficient (Wildman–Crippen LogP) is 1.17. The van der Waals surface area contributed by atoms with E-state index in [0.717, 1.165) is 0 Å². The number of ether oxygens (including phenoxy) is 2. The molecule has 0 unspecified atom stereocenters. The van der Waals surface area contributed by atoms with Gasteiger partial charge in [0.2, 0.25) is 11.2 Å². The lowest BCUT2D eigenvalue weighted by Gasteiger charge is -2.19. The highest BCUT2D eigenvalue weighted by Crippen LogP contribution is 2.35. The summed E-state index contributed by atoms with van der Waals surface area (Å²) >= 11 is 0. The number of aliphatic imine (C=N–C) groups is 1. The van der Waals surface area contributed by atoms with Crippen LogP contribution in [-0.4, -0.2) is 53.8 Å². The van der Waals surface area contributed by atoms with Crippen molar-refractivity contribution in [2.45, 2.75) is 18.9 Å². The molecule has 1 aliphatic rings. The highest BCUT2D eigenvalue weighted by atomic mass is 16.6. The lowest BCUT2D eigenvalue weighted by Crippen LogP contribution is -2.41. The average molecular weight is 496 g/mol. The molecule has 0 fully saturated rings. The topological polar surface area (TPSA) is 200 Å². The van der Waals surface area contributed by atoms with E-state index in [-0.39, 0.29) is 47.6 Å². The molecule has 1 aromatic heterocycles. The summed E-state index contributed by atoms with van der Waals surface area (Å²) in [7, 11) is 0. The summed E-state index contributed by atoms with van der Waals surface area (Å²) in [6.45, 7) is 0.867. The molecule has 2 aromatic carbocycles. The maximum Gasteiger partial charge on any atom is 0.326 e. The molecule has 3 aromatic rings. The van der Waals surface area contributed by atoms with Crippen LogP contribution in [0.1, 0.15) is 23.4 Å². The highest BCUT2D eigenvalue weighted by Gasteiger charge is 2.27. The van der Waals surface area contributed by atoms with E-state index in [9.17, 15) is 24.6 Å². The average Bonchev–Trinajstić information content (AvgIpc) is 2.84. The van der Waals surface area contributed by atoms with Gasteiger partial charge >= 0.3 is 5.97 Å². The Hall–Kier alpha value is -4.74. The lowest BCUT2D eigenvalue weighted by molar-refractivity contribution is -0.139. The minimum Gasteiger partial charge on any atom is -0.508 e. The Morgan fingerprint density at radius 3 is 2.56 bits per heavy atom. The number of phenolic OH excluding ortho intramolecular Hbond substituents is 1. The zero-order chi connectivity index (χ0) is 25.8. The highest BCUT2D eigenvalue weighted by molar-refractivity contribution is 6.02. The number of guanidine groups is 1. The smallest absolute Gasteiger partial charge is 0.326 e. The number of hydrogen-bond acceptors (Lipinski definition) is 8. The van der Waals surface area contributed by atoms with Crippen LogP contribution in [-0.2, 0) is 4.79 Å². The molecule has 1 atom stereocenters. The molecule has 1 amide bonds. The van der Waals surface area contributed by atoms with Crippen molar-refractivity contribution in [2.75, 3.05) is 19.8 Å². The Balaban J connectivity index is 1.76. The van der Waals surface area contributed by atoms with Gasteiger partial charge in [-0.2, -0.15) is 0 Å². The van der Waals surface area contributed by atoms with E-state index in [1.807, 2.05) is 0 Å². The van der Waals surface area contributed by atoms with Gasteiger partial charge in [-0.25, -0.2) is 4.79 Å². The Labute approximate surface area is 204 Å². The van der Waals surface area contributed by atoms with E-state index in [0.29, 0.717) is 30.3 Å². The molecule has 0 saturated heterocycles. The molecular weight excluding hydrogens is 472 g/mol. The number of nitrogens with zero attached hydrogens (tertiary/aromatic N) is 1. The van der Waals surface area contributed by atoms with Crippen LogP contribution < -0.4 is 31.7 Å². The standard InChI is InChI=1S/C24H24N4O8/c25-24(26)27-7-1-2-15(23(32)33)28-22(31)21-19(12-3-6-16-18(10-12)35-9-8-34-16)20(30)14-5-4-13(29)11-17(14)36-21/h3-6,10-11,15,29H,1-2,7-9H2,(H,28,31)(H,32,33)(H4,25,26,27)/t15-/m0/s1. The quantitative estimate of drug-likeness (QED) is 0.171. The first-order valence-corrected chi connectivity index (χ1v) is 11.0. The van der Waals surface area contributed by atoms with Gasteiger partial charge in [-0.15, -0.1) is 0 Å². The first kappa shape index (κ1) is 24.4. The minimum atomic E-state index is -1.30. The van der Waals surface area contributed by atoms with Gasteiger partial charge in [-0.1, -0.05) is 6.07 Å². The number of carboxylic acid groups (broad SMARTS) is 1. The van der Waals surface area contributed by atoms with Crippen LogP contribution in [0.25, 0.3) is 22.1 Å². The van der Waals surface area contributed by atoms with Crippen LogP contribution >= 0.6 is 0 Å². The number of amides is 1. The number of phenols is 1. The first-order valence-electron chi connectivity index (χ1n) is 11.0. The van der Waals surface area contributed by atoms with E-state index in [1.54, 1.807) is 18.2 Å². The fourth-order valence-corrected chi connectivity index (χ4v) is 3.79.